The molecule has 164 valence electrons. The van der Waals surface area contributed by atoms with Crippen LogP contribution in [0.3, 0.4) is 0 Å². The molecule has 3 aliphatic rings. The lowest BCUT2D eigenvalue weighted by Gasteiger charge is -2.58. The van der Waals surface area contributed by atoms with Crippen molar-refractivity contribution in [2.24, 2.45) is 28.6 Å². The van der Waals surface area contributed by atoms with Crippen molar-refractivity contribution in [3.05, 3.63) is 23.3 Å². The fraction of sp³-hybridized carbons (Fsp3) is 0.808. The zero-order valence-corrected chi connectivity index (χ0v) is 20.6. The SMILES string of the molecule is CC(C)C1=CC2=CC[C@H]3[C@](C)(COC(=O)CSC(C)(C)C)CCC[C@]3(C)[C@@H]2CC1. The lowest BCUT2D eigenvalue weighted by molar-refractivity contribution is -0.150. The molecule has 0 aliphatic heterocycles. The van der Waals surface area contributed by atoms with E-state index < -0.39 is 0 Å². The molecule has 0 amide bonds. The van der Waals surface area contributed by atoms with Crippen LogP contribution in [0.15, 0.2) is 23.3 Å². The summed E-state index contributed by atoms with van der Waals surface area (Å²) in [5, 5.41) is 0. The highest BCUT2D eigenvalue weighted by Crippen LogP contribution is 2.62. The number of thioether (sulfide) groups is 1. The molecule has 0 aromatic rings. The van der Waals surface area contributed by atoms with Crippen LogP contribution in [0.25, 0.3) is 0 Å². The Morgan fingerprint density at radius 2 is 2.00 bits per heavy atom. The maximum Gasteiger partial charge on any atom is 0.315 e. The van der Waals surface area contributed by atoms with Gasteiger partial charge in [-0.25, -0.2) is 0 Å². The molecule has 29 heavy (non-hydrogen) atoms. The van der Waals surface area contributed by atoms with Gasteiger partial charge in [0, 0.05) is 10.2 Å². The molecule has 0 bridgehead atoms. The van der Waals surface area contributed by atoms with Gasteiger partial charge in [0.2, 0.25) is 0 Å². The average molecular weight is 419 g/mol. The second kappa shape index (κ2) is 8.44. The second-order valence-corrected chi connectivity index (χ2v) is 13.3. The van der Waals surface area contributed by atoms with Crippen molar-refractivity contribution in [2.75, 3.05) is 12.4 Å². The summed E-state index contributed by atoms with van der Waals surface area (Å²) >= 11 is 1.68. The minimum Gasteiger partial charge on any atom is -0.464 e. The largest absolute Gasteiger partial charge is 0.464 e. The molecule has 0 saturated heterocycles. The molecule has 0 heterocycles. The summed E-state index contributed by atoms with van der Waals surface area (Å²) in [6.07, 6.45) is 12.5. The quantitative estimate of drug-likeness (QED) is 0.442. The Balaban J connectivity index is 1.72. The van der Waals surface area contributed by atoms with Crippen molar-refractivity contribution in [3.63, 3.8) is 0 Å². The molecule has 1 fully saturated rings. The van der Waals surface area contributed by atoms with E-state index in [1.807, 2.05) is 0 Å². The highest BCUT2D eigenvalue weighted by Gasteiger charge is 2.54. The number of ether oxygens (including phenoxy) is 1. The van der Waals surface area contributed by atoms with Gasteiger partial charge in [0.15, 0.2) is 0 Å². The molecule has 1 saturated carbocycles. The molecule has 3 rings (SSSR count). The van der Waals surface area contributed by atoms with Gasteiger partial charge in [-0.15, -0.1) is 11.8 Å². The monoisotopic (exact) mass is 418 g/mol. The van der Waals surface area contributed by atoms with E-state index in [1.165, 1.54) is 32.1 Å². The molecule has 3 heteroatoms. The summed E-state index contributed by atoms with van der Waals surface area (Å²) in [7, 11) is 0. The zero-order chi connectivity index (χ0) is 21.4. The lowest BCUT2D eigenvalue weighted by atomic mass is 9.47. The van der Waals surface area contributed by atoms with Crippen molar-refractivity contribution >= 4 is 17.7 Å². The minimum atomic E-state index is -0.0485. The Labute approximate surface area is 183 Å². The smallest absolute Gasteiger partial charge is 0.315 e. The third-order valence-corrected chi connectivity index (χ3v) is 9.14. The first-order valence-corrected chi connectivity index (χ1v) is 12.6. The zero-order valence-electron chi connectivity index (χ0n) is 19.8. The van der Waals surface area contributed by atoms with Crippen LogP contribution >= 0.6 is 11.8 Å². The molecule has 3 aliphatic carbocycles. The van der Waals surface area contributed by atoms with E-state index in [4.69, 9.17) is 4.74 Å². The predicted octanol–water partition coefficient (Wildman–Crippen LogP) is 7.20. The number of fused-ring (bicyclic) bond motifs is 3. The number of allylic oxidation sites excluding steroid dienone is 4. The van der Waals surface area contributed by atoms with Gasteiger partial charge in [-0.3, -0.25) is 4.79 Å². The van der Waals surface area contributed by atoms with Crippen LogP contribution in [0.2, 0.25) is 0 Å². The van der Waals surface area contributed by atoms with Crippen LogP contribution in [0.1, 0.15) is 87.0 Å². The highest BCUT2D eigenvalue weighted by molar-refractivity contribution is 8.01. The Hall–Kier alpha value is -0.700. The molecule has 4 atom stereocenters. The summed E-state index contributed by atoms with van der Waals surface area (Å²) < 4.78 is 5.96. The van der Waals surface area contributed by atoms with Gasteiger partial charge in [0.25, 0.3) is 0 Å². The van der Waals surface area contributed by atoms with E-state index in [9.17, 15) is 4.79 Å². The Kier molecular flexibility index (Phi) is 6.69. The summed E-state index contributed by atoms with van der Waals surface area (Å²) in [4.78, 5) is 12.4. The van der Waals surface area contributed by atoms with E-state index in [-0.39, 0.29) is 16.1 Å². The topological polar surface area (TPSA) is 26.3 Å². The number of esters is 1. The first kappa shape index (κ1) is 23.0. The number of rotatable bonds is 5. The summed E-state index contributed by atoms with van der Waals surface area (Å²) in [5.41, 5.74) is 3.65. The first-order chi connectivity index (χ1) is 13.4. The van der Waals surface area contributed by atoms with Crippen LogP contribution in [0.4, 0.5) is 0 Å². The van der Waals surface area contributed by atoms with Gasteiger partial charge in [0.1, 0.15) is 0 Å². The molecule has 0 unspecified atom stereocenters. The Morgan fingerprint density at radius 1 is 1.28 bits per heavy atom. The molecule has 0 aromatic carbocycles. The molecular formula is C26H42O2S. The van der Waals surface area contributed by atoms with Crippen molar-refractivity contribution < 1.29 is 9.53 Å². The fourth-order valence-corrected chi connectivity index (χ4v) is 6.84. The van der Waals surface area contributed by atoms with E-state index in [2.05, 4.69) is 60.6 Å². The standard InChI is InChI=1S/C26H42O2S/c1-18(2)19-9-11-21-20(15-19)10-12-22-25(6,13-8-14-26(21,22)7)17-28-23(27)16-29-24(3,4)5/h10,15,18,21-22H,8-9,11-14,16-17H2,1-7H3/t21-,22+,25+,26-/m1/s1. The number of hydrogen-bond acceptors (Lipinski definition) is 3. The van der Waals surface area contributed by atoms with Crippen LogP contribution in [0.5, 0.6) is 0 Å². The van der Waals surface area contributed by atoms with E-state index in [0.29, 0.717) is 35.5 Å². The third-order valence-electron chi connectivity index (χ3n) is 7.89. The van der Waals surface area contributed by atoms with E-state index in [1.54, 1.807) is 22.9 Å². The minimum absolute atomic E-state index is 0.0485. The summed E-state index contributed by atoms with van der Waals surface area (Å²) in [5.74, 6) is 2.35. The number of hydrogen-bond donors (Lipinski definition) is 0. The molecule has 0 radical (unpaired) electrons. The maximum absolute atomic E-state index is 12.4. The van der Waals surface area contributed by atoms with Crippen molar-refractivity contribution in [1.82, 2.24) is 0 Å². The van der Waals surface area contributed by atoms with Crippen LogP contribution in [-0.2, 0) is 9.53 Å². The van der Waals surface area contributed by atoms with Crippen LogP contribution in [-0.4, -0.2) is 23.1 Å². The Bertz CT molecular complexity index is 683. The van der Waals surface area contributed by atoms with Crippen molar-refractivity contribution in [2.45, 2.75) is 91.7 Å². The normalized spacial score (nSPS) is 34.8. The average Bonchev–Trinajstić information content (AvgIpc) is 2.63. The second-order valence-electron chi connectivity index (χ2n) is 11.5. The van der Waals surface area contributed by atoms with Gasteiger partial charge in [-0.05, 0) is 60.8 Å². The van der Waals surface area contributed by atoms with Crippen LogP contribution in [0, 0.1) is 28.6 Å². The summed E-state index contributed by atoms with van der Waals surface area (Å²) in [6.45, 7) is 16.6. The molecular weight excluding hydrogens is 376 g/mol. The van der Waals surface area contributed by atoms with Crippen molar-refractivity contribution in [1.29, 1.82) is 0 Å². The van der Waals surface area contributed by atoms with E-state index in [0.717, 1.165) is 6.42 Å². The van der Waals surface area contributed by atoms with Gasteiger partial charge in [-0.1, -0.05) is 72.6 Å². The number of carbonyl (C=O) groups excluding carboxylic acids is 1. The lowest BCUT2D eigenvalue weighted by Crippen LogP contribution is -2.51. The molecule has 0 aromatic heterocycles. The highest BCUT2D eigenvalue weighted by atomic mass is 32.2. The van der Waals surface area contributed by atoms with Gasteiger partial charge in [0.05, 0.1) is 12.4 Å². The molecule has 0 N–H and O–H groups in total. The molecule has 2 nitrogen and oxygen atoms in total. The third kappa shape index (κ3) is 4.97. The maximum atomic E-state index is 12.4. The van der Waals surface area contributed by atoms with Gasteiger partial charge < -0.3 is 4.74 Å². The predicted molar refractivity (Wildman–Crippen MR) is 125 cm³/mol. The first-order valence-electron chi connectivity index (χ1n) is 11.6. The molecule has 0 spiro atoms. The van der Waals surface area contributed by atoms with E-state index >= 15 is 0 Å². The van der Waals surface area contributed by atoms with Gasteiger partial charge in [-0.2, -0.15) is 0 Å². The number of carbonyl (C=O) groups is 1. The Morgan fingerprint density at radius 3 is 2.66 bits per heavy atom. The van der Waals surface area contributed by atoms with Crippen LogP contribution < -0.4 is 0 Å². The van der Waals surface area contributed by atoms with Gasteiger partial charge >= 0.3 is 5.97 Å². The summed E-state index contributed by atoms with van der Waals surface area (Å²) in [6, 6.07) is 0. The van der Waals surface area contributed by atoms with Crippen molar-refractivity contribution in [3.8, 4) is 0 Å². The fourth-order valence-electron chi connectivity index (χ4n) is 6.21.